The average Bonchev–Trinajstić information content (AvgIpc) is 2.61. The molecule has 1 aromatic rings. The van der Waals surface area contributed by atoms with Crippen molar-refractivity contribution in [2.45, 2.75) is 85.3 Å². The van der Waals surface area contributed by atoms with Crippen LogP contribution in [0.2, 0.25) is 0 Å². The number of nitrogens with zero attached hydrogens (tertiary/aromatic N) is 3. The molecule has 1 amide bonds. The Kier molecular flexibility index (Phi) is 8.29. The second-order valence-corrected chi connectivity index (χ2v) is 9.34. The molecule has 5 heteroatoms. The zero-order valence-electron chi connectivity index (χ0n) is 18.7. The number of hydrogen-bond donors (Lipinski definition) is 0. The van der Waals surface area contributed by atoms with Gasteiger partial charge in [0.1, 0.15) is 11.4 Å². The average molecular weight is 390 g/mol. The van der Waals surface area contributed by atoms with Gasteiger partial charge in [-0.25, -0.2) is 9.78 Å². The van der Waals surface area contributed by atoms with Crippen molar-refractivity contribution in [3.05, 3.63) is 23.9 Å². The van der Waals surface area contributed by atoms with E-state index in [0.29, 0.717) is 24.3 Å². The number of aromatic nitrogens is 1. The van der Waals surface area contributed by atoms with Crippen molar-refractivity contribution in [2.75, 3.05) is 24.5 Å². The lowest BCUT2D eigenvalue weighted by molar-refractivity contribution is 0.0578. The minimum atomic E-state index is -0.513. The fourth-order valence-corrected chi connectivity index (χ4v) is 3.74. The summed E-state index contributed by atoms with van der Waals surface area (Å²) >= 11 is 0. The van der Waals surface area contributed by atoms with Gasteiger partial charge in [0, 0.05) is 25.3 Å². The lowest BCUT2D eigenvalue weighted by Gasteiger charge is -2.37. The molecular weight excluding hydrogens is 350 g/mol. The Bertz CT molecular complexity index is 607. The van der Waals surface area contributed by atoms with Gasteiger partial charge in [-0.2, -0.15) is 0 Å². The van der Waals surface area contributed by atoms with Gasteiger partial charge in [0.15, 0.2) is 0 Å². The number of hydrogen-bond acceptors (Lipinski definition) is 4. The van der Waals surface area contributed by atoms with E-state index < -0.39 is 5.60 Å². The number of unbranched alkanes of at least 4 members (excludes halogenated alkanes) is 1. The lowest BCUT2D eigenvalue weighted by atomic mass is 9.95. The number of amides is 1. The van der Waals surface area contributed by atoms with Crippen molar-refractivity contribution < 1.29 is 9.53 Å². The molecule has 0 aliphatic carbocycles. The first-order chi connectivity index (χ1) is 13.2. The van der Waals surface area contributed by atoms with E-state index in [1.807, 2.05) is 33.0 Å². The van der Waals surface area contributed by atoms with Crippen LogP contribution in [0.25, 0.3) is 0 Å². The molecule has 1 aliphatic rings. The summed E-state index contributed by atoms with van der Waals surface area (Å²) in [4.78, 5) is 21.6. The molecule has 1 fully saturated rings. The lowest BCUT2D eigenvalue weighted by Crippen LogP contribution is -2.38. The van der Waals surface area contributed by atoms with Crippen molar-refractivity contribution in [3.8, 4) is 0 Å². The maximum atomic E-state index is 12.7. The van der Waals surface area contributed by atoms with E-state index in [4.69, 9.17) is 4.74 Å². The van der Waals surface area contributed by atoms with Gasteiger partial charge in [0.2, 0.25) is 0 Å². The van der Waals surface area contributed by atoms with Gasteiger partial charge in [0.25, 0.3) is 0 Å². The van der Waals surface area contributed by atoms with Gasteiger partial charge >= 0.3 is 6.09 Å². The number of likely N-dealkylation sites (tertiary alicyclic amines) is 1. The molecule has 2 heterocycles. The maximum Gasteiger partial charge on any atom is 0.416 e. The van der Waals surface area contributed by atoms with Crippen LogP contribution in [0.4, 0.5) is 10.6 Å². The van der Waals surface area contributed by atoms with Crippen LogP contribution in [-0.2, 0) is 4.74 Å². The number of ether oxygens (including phenoxy) is 1. The van der Waals surface area contributed by atoms with E-state index >= 15 is 0 Å². The Balaban J connectivity index is 2.17. The van der Waals surface area contributed by atoms with E-state index in [0.717, 1.165) is 25.9 Å². The zero-order valence-corrected chi connectivity index (χ0v) is 18.7. The molecule has 0 aromatic carbocycles. The van der Waals surface area contributed by atoms with E-state index in [-0.39, 0.29) is 6.09 Å². The maximum absolute atomic E-state index is 12.7. The Morgan fingerprint density at radius 3 is 2.64 bits per heavy atom. The summed E-state index contributed by atoms with van der Waals surface area (Å²) < 4.78 is 5.60. The van der Waals surface area contributed by atoms with Gasteiger partial charge < -0.3 is 4.74 Å². The normalized spacial score (nSPS) is 18.3. The minimum Gasteiger partial charge on any atom is -0.443 e. The zero-order chi connectivity index (χ0) is 20.7. The van der Waals surface area contributed by atoms with Crippen molar-refractivity contribution in [3.63, 3.8) is 0 Å². The fraction of sp³-hybridized carbons (Fsp3) is 0.739. The van der Waals surface area contributed by atoms with Crippen LogP contribution >= 0.6 is 0 Å². The smallest absolute Gasteiger partial charge is 0.416 e. The van der Waals surface area contributed by atoms with Crippen LogP contribution in [0.3, 0.4) is 0 Å². The number of piperidine rings is 1. The van der Waals surface area contributed by atoms with Crippen LogP contribution in [0.15, 0.2) is 18.3 Å². The fourth-order valence-electron chi connectivity index (χ4n) is 3.74. The molecule has 0 N–H and O–H groups in total. The van der Waals surface area contributed by atoms with Gasteiger partial charge in [0.05, 0.1) is 0 Å². The molecule has 2 rings (SSSR count). The number of rotatable bonds is 7. The molecule has 0 saturated carbocycles. The summed E-state index contributed by atoms with van der Waals surface area (Å²) in [6.07, 6.45) is 7.30. The first-order valence-electron chi connectivity index (χ1n) is 10.9. The minimum absolute atomic E-state index is 0.319. The SMILES string of the molecule is CCCCN(C(=O)OC(C)(C)C)c1ccc([C@H]2CCCCN2CC(C)C)cn1. The number of carbonyl (C=O) groups is 1. The highest BCUT2D eigenvalue weighted by Gasteiger charge is 2.26. The molecule has 0 unspecified atom stereocenters. The first kappa shape index (κ1) is 22.7. The molecule has 158 valence electrons. The van der Waals surface area contributed by atoms with Gasteiger partial charge in [-0.15, -0.1) is 0 Å². The molecule has 5 nitrogen and oxygen atoms in total. The predicted octanol–water partition coefficient (Wildman–Crippen LogP) is 5.81. The highest BCUT2D eigenvalue weighted by molar-refractivity contribution is 5.86. The summed E-state index contributed by atoms with van der Waals surface area (Å²) in [5, 5.41) is 0. The standard InChI is InChI=1S/C23H39N3O2/c1-7-8-15-26(22(27)28-23(4,5)6)21-13-12-19(16-24-21)20-11-9-10-14-25(20)17-18(2)3/h12-13,16,18,20H,7-11,14-15,17H2,1-6H3/t20-/m1/s1. The van der Waals surface area contributed by atoms with E-state index in [1.165, 1.54) is 24.8 Å². The van der Waals surface area contributed by atoms with Crippen molar-refractivity contribution in [1.82, 2.24) is 9.88 Å². The third-order valence-electron chi connectivity index (χ3n) is 4.99. The van der Waals surface area contributed by atoms with Crippen molar-refractivity contribution in [2.24, 2.45) is 5.92 Å². The number of pyridine rings is 1. The summed E-state index contributed by atoms with van der Waals surface area (Å²) in [6.45, 7) is 15.3. The van der Waals surface area contributed by atoms with Crippen LogP contribution in [-0.4, -0.2) is 41.2 Å². The second kappa shape index (κ2) is 10.2. The Hall–Kier alpha value is -1.62. The quantitative estimate of drug-likeness (QED) is 0.591. The number of anilines is 1. The molecule has 0 radical (unpaired) electrons. The van der Waals surface area contributed by atoms with Gasteiger partial charge in [-0.05, 0) is 64.1 Å². The second-order valence-electron chi connectivity index (χ2n) is 9.34. The molecular formula is C23H39N3O2. The Morgan fingerprint density at radius 2 is 2.07 bits per heavy atom. The molecule has 0 spiro atoms. The predicted molar refractivity (Wildman–Crippen MR) is 116 cm³/mol. The third-order valence-corrected chi connectivity index (χ3v) is 4.99. The molecule has 1 aromatic heterocycles. The molecule has 1 aliphatic heterocycles. The number of carbonyl (C=O) groups excluding carboxylic acids is 1. The van der Waals surface area contributed by atoms with Crippen LogP contribution in [0.1, 0.15) is 85.3 Å². The topological polar surface area (TPSA) is 45.7 Å². The molecule has 28 heavy (non-hydrogen) atoms. The van der Waals surface area contributed by atoms with Crippen LogP contribution < -0.4 is 4.90 Å². The van der Waals surface area contributed by atoms with E-state index in [9.17, 15) is 4.79 Å². The Morgan fingerprint density at radius 1 is 1.32 bits per heavy atom. The monoisotopic (exact) mass is 389 g/mol. The van der Waals surface area contributed by atoms with Crippen LogP contribution in [0, 0.1) is 5.92 Å². The molecule has 1 saturated heterocycles. The van der Waals surface area contributed by atoms with Gasteiger partial charge in [-0.1, -0.05) is 39.7 Å². The first-order valence-corrected chi connectivity index (χ1v) is 10.9. The highest BCUT2D eigenvalue weighted by atomic mass is 16.6. The van der Waals surface area contributed by atoms with Gasteiger partial charge in [-0.3, -0.25) is 9.80 Å². The third kappa shape index (κ3) is 6.77. The molecule has 1 atom stereocenters. The highest BCUT2D eigenvalue weighted by Crippen LogP contribution is 2.32. The van der Waals surface area contributed by atoms with Crippen molar-refractivity contribution >= 4 is 11.9 Å². The summed E-state index contributed by atoms with van der Waals surface area (Å²) in [5.41, 5.74) is 0.740. The van der Waals surface area contributed by atoms with Crippen LogP contribution in [0.5, 0.6) is 0 Å². The Labute approximate surface area is 171 Å². The summed E-state index contributed by atoms with van der Waals surface area (Å²) in [7, 11) is 0. The van der Waals surface area contributed by atoms with Crippen molar-refractivity contribution in [1.29, 1.82) is 0 Å². The summed E-state index contributed by atoms with van der Waals surface area (Å²) in [5.74, 6) is 1.34. The van der Waals surface area contributed by atoms with E-state index in [2.05, 4.69) is 36.7 Å². The van der Waals surface area contributed by atoms with E-state index in [1.54, 1.807) is 4.90 Å². The largest absolute Gasteiger partial charge is 0.443 e. The summed E-state index contributed by atoms with van der Waals surface area (Å²) in [6, 6.07) is 4.56. The molecule has 0 bridgehead atoms.